The molecule has 1 aromatic rings. The molecule has 1 amide bonds. The topological polar surface area (TPSA) is 46.3 Å². The lowest BCUT2D eigenvalue weighted by Crippen LogP contribution is -2.40. The number of carbonyl (C=O) groups excluding carboxylic acids is 1. The summed E-state index contributed by atoms with van der Waals surface area (Å²) < 4.78 is 0. The van der Waals surface area contributed by atoms with E-state index in [0.717, 1.165) is 25.9 Å². The third-order valence-corrected chi connectivity index (χ3v) is 3.79. The van der Waals surface area contributed by atoms with Crippen molar-refractivity contribution >= 4 is 5.91 Å². The van der Waals surface area contributed by atoms with Crippen molar-refractivity contribution in [3.8, 4) is 0 Å². The van der Waals surface area contributed by atoms with Crippen LogP contribution in [-0.4, -0.2) is 23.4 Å². The highest BCUT2D eigenvalue weighted by molar-refractivity contribution is 5.77. The van der Waals surface area contributed by atoms with E-state index in [-0.39, 0.29) is 17.4 Å². The van der Waals surface area contributed by atoms with Gasteiger partial charge in [-0.25, -0.2) is 0 Å². The molecule has 0 saturated carbocycles. The van der Waals surface area contributed by atoms with E-state index in [9.17, 15) is 4.79 Å². The van der Waals surface area contributed by atoms with Gasteiger partial charge in [-0.3, -0.25) is 4.79 Å². The molecule has 2 rings (SSSR count). The van der Waals surface area contributed by atoms with E-state index in [4.69, 9.17) is 5.73 Å². The van der Waals surface area contributed by atoms with Gasteiger partial charge in [0.25, 0.3) is 0 Å². The molecule has 0 spiro atoms. The van der Waals surface area contributed by atoms with Gasteiger partial charge in [0, 0.05) is 25.6 Å². The largest absolute Gasteiger partial charge is 0.338 e. The Labute approximate surface area is 122 Å². The Hall–Kier alpha value is -1.35. The second-order valence-electron chi connectivity index (χ2n) is 7.06. The molecule has 0 bridgehead atoms. The van der Waals surface area contributed by atoms with Gasteiger partial charge < -0.3 is 10.6 Å². The number of benzene rings is 1. The number of rotatable bonds is 3. The number of nitrogens with two attached hydrogens (primary N) is 1. The summed E-state index contributed by atoms with van der Waals surface area (Å²) >= 11 is 0. The first-order valence-electron chi connectivity index (χ1n) is 7.45. The highest BCUT2D eigenvalue weighted by Gasteiger charge is 2.23. The minimum atomic E-state index is -0.0420. The number of nitrogens with zero attached hydrogens (tertiary/aromatic N) is 1. The maximum absolute atomic E-state index is 12.4. The maximum Gasteiger partial charge on any atom is 0.224 e. The van der Waals surface area contributed by atoms with Crippen molar-refractivity contribution in [1.82, 2.24) is 4.90 Å². The Morgan fingerprint density at radius 2 is 1.95 bits per heavy atom. The highest BCUT2D eigenvalue weighted by Crippen LogP contribution is 2.23. The molecule has 0 aromatic heterocycles. The Morgan fingerprint density at radius 1 is 1.30 bits per heavy atom. The first kappa shape index (κ1) is 15.0. The fraction of sp³-hybridized carbons (Fsp3) is 0.588. The summed E-state index contributed by atoms with van der Waals surface area (Å²) in [7, 11) is 0. The molecule has 0 radical (unpaired) electrons. The number of hydrogen-bond donors (Lipinski definition) is 1. The zero-order valence-corrected chi connectivity index (χ0v) is 12.9. The second kappa shape index (κ2) is 5.96. The molecule has 0 saturated heterocycles. The van der Waals surface area contributed by atoms with Gasteiger partial charge >= 0.3 is 0 Å². The zero-order valence-electron chi connectivity index (χ0n) is 12.9. The lowest BCUT2D eigenvalue weighted by atomic mass is 9.87. The fourth-order valence-electron chi connectivity index (χ4n) is 2.92. The maximum atomic E-state index is 12.4. The average molecular weight is 274 g/mol. The second-order valence-corrected chi connectivity index (χ2v) is 7.06. The van der Waals surface area contributed by atoms with Gasteiger partial charge in [-0.1, -0.05) is 45.0 Å². The van der Waals surface area contributed by atoms with Crippen LogP contribution >= 0.6 is 0 Å². The Kier molecular flexibility index (Phi) is 4.48. The standard InChI is InChI=1S/C17H26N2O/c1-17(2,3)11-15(18)10-16(20)19-9-8-13-6-4-5-7-14(13)12-19/h4-7,15H,8-12,18H2,1-3H3. The summed E-state index contributed by atoms with van der Waals surface area (Å²) in [5.74, 6) is 0.191. The smallest absolute Gasteiger partial charge is 0.224 e. The molecule has 1 heterocycles. The third-order valence-electron chi connectivity index (χ3n) is 3.79. The quantitative estimate of drug-likeness (QED) is 0.921. The number of fused-ring (bicyclic) bond motifs is 1. The van der Waals surface area contributed by atoms with Crippen LogP contribution in [0.5, 0.6) is 0 Å². The van der Waals surface area contributed by atoms with Gasteiger partial charge in [0.1, 0.15) is 0 Å². The molecule has 0 aliphatic carbocycles. The van der Waals surface area contributed by atoms with E-state index in [1.807, 2.05) is 11.0 Å². The Balaban J connectivity index is 1.92. The van der Waals surface area contributed by atoms with Gasteiger partial charge in [0.2, 0.25) is 5.91 Å². The van der Waals surface area contributed by atoms with Crippen molar-refractivity contribution in [2.45, 2.75) is 52.6 Å². The zero-order chi connectivity index (χ0) is 14.8. The molecule has 3 heteroatoms. The molecular formula is C17H26N2O. The normalized spacial score (nSPS) is 16.7. The van der Waals surface area contributed by atoms with Crippen LogP contribution in [0.2, 0.25) is 0 Å². The molecule has 1 aliphatic rings. The van der Waals surface area contributed by atoms with E-state index in [0.29, 0.717) is 6.42 Å². The lowest BCUT2D eigenvalue weighted by Gasteiger charge is -2.30. The molecule has 1 aliphatic heterocycles. The molecule has 1 unspecified atom stereocenters. The molecule has 20 heavy (non-hydrogen) atoms. The molecular weight excluding hydrogens is 248 g/mol. The minimum Gasteiger partial charge on any atom is -0.338 e. The van der Waals surface area contributed by atoms with Crippen LogP contribution in [-0.2, 0) is 17.8 Å². The summed E-state index contributed by atoms with van der Waals surface area (Å²) in [5.41, 5.74) is 8.93. The molecule has 110 valence electrons. The van der Waals surface area contributed by atoms with Gasteiger partial charge in [0.05, 0.1) is 0 Å². The van der Waals surface area contributed by atoms with Crippen LogP contribution in [0.4, 0.5) is 0 Å². The van der Waals surface area contributed by atoms with E-state index < -0.39 is 0 Å². The van der Waals surface area contributed by atoms with Crippen LogP contribution in [0.25, 0.3) is 0 Å². The summed E-state index contributed by atoms with van der Waals surface area (Å²) in [6.45, 7) is 8.03. The van der Waals surface area contributed by atoms with Crippen molar-refractivity contribution in [3.63, 3.8) is 0 Å². The van der Waals surface area contributed by atoms with E-state index in [1.165, 1.54) is 11.1 Å². The van der Waals surface area contributed by atoms with Gasteiger partial charge in [-0.15, -0.1) is 0 Å². The number of carbonyl (C=O) groups is 1. The monoisotopic (exact) mass is 274 g/mol. The lowest BCUT2D eigenvalue weighted by molar-refractivity contribution is -0.132. The van der Waals surface area contributed by atoms with Crippen molar-refractivity contribution in [2.75, 3.05) is 6.54 Å². The van der Waals surface area contributed by atoms with Crippen LogP contribution in [0, 0.1) is 5.41 Å². The van der Waals surface area contributed by atoms with Crippen molar-refractivity contribution in [3.05, 3.63) is 35.4 Å². The summed E-state index contributed by atoms with van der Waals surface area (Å²) in [6, 6.07) is 8.33. The Bertz CT molecular complexity index is 476. The molecule has 3 nitrogen and oxygen atoms in total. The van der Waals surface area contributed by atoms with Crippen molar-refractivity contribution in [2.24, 2.45) is 11.1 Å². The van der Waals surface area contributed by atoms with Crippen molar-refractivity contribution in [1.29, 1.82) is 0 Å². The predicted molar refractivity (Wildman–Crippen MR) is 82.2 cm³/mol. The summed E-state index contributed by atoms with van der Waals surface area (Å²) in [4.78, 5) is 14.3. The molecule has 2 N–H and O–H groups in total. The minimum absolute atomic E-state index is 0.0420. The molecule has 0 fully saturated rings. The SMILES string of the molecule is CC(C)(C)CC(N)CC(=O)N1CCc2ccccc2C1. The molecule has 1 atom stereocenters. The van der Waals surface area contributed by atoms with Crippen LogP contribution < -0.4 is 5.73 Å². The first-order chi connectivity index (χ1) is 9.35. The number of hydrogen-bond acceptors (Lipinski definition) is 2. The summed E-state index contributed by atoms with van der Waals surface area (Å²) in [6.07, 6.45) is 2.29. The number of amides is 1. The van der Waals surface area contributed by atoms with E-state index in [1.54, 1.807) is 0 Å². The van der Waals surface area contributed by atoms with Crippen LogP contribution in [0.15, 0.2) is 24.3 Å². The molecule has 1 aromatic carbocycles. The van der Waals surface area contributed by atoms with Crippen LogP contribution in [0.1, 0.15) is 44.7 Å². The van der Waals surface area contributed by atoms with Gasteiger partial charge in [-0.05, 0) is 29.4 Å². The van der Waals surface area contributed by atoms with Crippen LogP contribution in [0.3, 0.4) is 0 Å². The first-order valence-corrected chi connectivity index (χ1v) is 7.45. The van der Waals surface area contributed by atoms with Gasteiger partial charge in [0.15, 0.2) is 0 Å². The van der Waals surface area contributed by atoms with E-state index >= 15 is 0 Å². The summed E-state index contributed by atoms with van der Waals surface area (Å²) in [5, 5.41) is 0. The van der Waals surface area contributed by atoms with Gasteiger partial charge in [-0.2, -0.15) is 0 Å². The predicted octanol–water partition coefficient (Wildman–Crippen LogP) is 2.72. The van der Waals surface area contributed by atoms with Crippen molar-refractivity contribution < 1.29 is 4.79 Å². The van der Waals surface area contributed by atoms with E-state index in [2.05, 4.69) is 39.0 Å². The fourth-order valence-corrected chi connectivity index (χ4v) is 2.92. The third kappa shape index (κ3) is 4.07. The Morgan fingerprint density at radius 3 is 2.60 bits per heavy atom. The average Bonchev–Trinajstić information content (AvgIpc) is 2.35. The highest BCUT2D eigenvalue weighted by atomic mass is 16.2.